The van der Waals surface area contributed by atoms with Gasteiger partial charge in [-0.05, 0) is 30.2 Å². The van der Waals surface area contributed by atoms with Crippen LogP contribution in [0.3, 0.4) is 0 Å². The van der Waals surface area contributed by atoms with Crippen LogP contribution in [0.1, 0.15) is 18.9 Å². The van der Waals surface area contributed by atoms with Crippen LogP contribution in [0.25, 0.3) is 6.08 Å². The quantitative estimate of drug-likeness (QED) is 0.792. The van der Waals surface area contributed by atoms with Crippen molar-refractivity contribution >= 4 is 41.2 Å². The number of rotatable bonds is 6. The maximum Gasteiger partial charge on any atom is 0.306 e. The molecule has 0 saturated heterocycles. The van der Waals surface area contributed by atoms with Crippen LogP contribution in [0.2, 0.25) is 10.0 Å². The van der Waals surface area contributed by atoms with E-state index >= 15 is 0 Å². The summed E-state index contributed by atoms with van der Waals surface area (Å²) < 4.78 is 0. The number of amides is 1. The third-order valence-corrected chi connectivity index (χ3v) is 3.24. The molecule has 0 aromatic heterocycles. The number of hydrogen-bond acceptors (Lipinski definition) is 2. The molecule has 0 aliphatic heterocycles. The smallest absolute Gasteiger partial charge is 0.306 e. The third kappa shape index (κ3) is 5.63. The molecule has 1 unspecified atom stereocenters. The van der Waals surface area contributed by atoms with Gasteiger partial charge in [-0.1, -0.05) is 36.2 Å². The van der Waals surface area contributed by atoms with E-state index in [1.165, 1.54) is 6.08 Å². The highest BCUT2D eigenvalue weighted by Crippen LogP contribution is 2.21. The zero-order chi connectivity index (χ0) is 15.1. The summed E-state index contributed by atoms with van der Waals surface area (Å²) in [4.78, 5) is 22.1. The Balaban J connectivity index is 2.46. The molecular weight excluding hydrogens is 301 g/mol. The first-order chi connectivity index (χ1) is 9.40. The van der Waals surface area contributed by atoms with Gasteiger partial charge in [0.1, 0.15) is 0 Å². The zero-order valence-electron chi connectivity index (χ0n) is 10.9. The molecule has 0 heterocycles. The monoisotopic (exact) mass is 315 g/mol. The normalized spacial score (nSPS) is 12.3. The Morgan fingerprint density at radius 2 is 2.10 bits per heavy atom. The van der Waals surface area contributed by atoms with Gasteiger partial charge in [0.15, 0.2) is 0 Å². The second-order valence-electron chi connectivity index (χ2n) is 4.32. The summed E-state index contributed by atoms with van der Waals surface area (Å²) in [5, 5.41) is 12.3. The fourth-order valence-electron chi connectivity index (χ4n) is 1.40. The molecule has 0 saturated carbocycles. The topological polar surface area (TPSA) is 66.4 Å². The lowest BCUT2D eigenvalue weighted by atomic mass is 10.1. The molecule has 2 N–H and O–H groups in total. The number of nitrogens with one attached hydrogen (secondary N) is 1. The van der Waals surface area contributed by atoms with Crippen molar-refractivity contribution in [2.24, 2.45) is 5.92 Å². The van der Waals surface area contributed by atoms with Crippen molar-refractivity contribution in [2.45, 2.75) is 13.3 Å². The number of carboxylic acid groups (broad SMARTS) is 1. The van der Waals surface area contributed by atoms with Crippen molar-refractivity contribution in [3.63, 3.8) is 0 Å². The minimum absolute atomic E-state index is 0.298. The summed E-state index contributed by atoms with van der Waals surface area (Å²) in [6.07, 6.45) is 3.31. The van der Waals surface area contributed by atoms with Crippen LogP contribution in [-0.4, -0.2) is 23.5 Å². The van der Waals surface area contributed by atoms with E-state index in [2.05, 4.69) is 5.32 Å². The summed E-state index contributed by atoms with van der Waals surface area (Å²) in [5.41, 5.74) is 0.685. The molecule has 0 fully saturated rings. The first-order valence-electron chi connectivity index (χ1n) is 6.04. The van der Waals surface area contributed by atoms with Gasteiger partial charge in [0, 0.05) is 22.7 Å². The van der Waals surface area contributed by atoms with Crippen molar-refractivity contribution in [3.05, 3.63) is 39.9 Å². The van der Waals surface area contributed by atoms with E-state index in [1.807, 2.05) is 0 Å². The maximum atomic E-state index is 11.5. The average molecular weight is 316 g/mol. The minimum Gasteiger partial charge on any atom is -0.481 e. The fourth-order valence-corrected chi connectivity index (χ4v) is 1.87. The molecule has 1 aromatic rings. The van der Waals surface area contributed by atoms with E-state index in [0.29, 0.717) is 28.6 Å². The van der Waals surface area contributed by atoms with Gasteiger partial charge in [0.25, 0.3) is 0 Å². The van der Waals surface area contributed by atoms with Gasteiger partial charge in [-0.25, -0.2) is 0 Å². The van der Waals surface area contributed by atoms with Crippen molar-refractivity contribution in [1.29, 1.82) is 0 Å². The van der Waals surface area contributed by atoms with Crippen LogP contribution in [-0.2, 0) is 9.59 Å². The van der Waals surface area contributed by atoms with Crippen LogP contribution < -0.4 is 5.32 Å². The molecule has 0 bridgehead atoms. The lowest BCUT2D eigenvalue weighted by molar-refractivity contribution is -0.141. The molecule has 1 atom stereocenters. The fraction of sp³-hybridized carbons (Fsp3) is 0.286. The molecular formula is C14H15Cl2NO3. The SMILES string of the molecule is CC(CCNC(=O)/C=C/c1ccc(Cl)cc1Cl)C(=O)O. The van der Waals surface area contributed by atoms with E-state index in [-0.39, 0.29) is 5.91 Å². The zero-order valence-corrected chi connectivity index (χ0v) is 12.4. The summed E-state index contributed by atoms with van der Waals surface area (Å²) in [7, 11) is 0. The Hall–Kier alpha value is -1.52. The number of halogens is 2. The van der Waals surface area contributed by atoms with E-state index in [1.54, 1.807) is 31.2 Å². The van der Waals surface area contributed by atoms with E-state index in [0.717, 1.165) is 0 Å². The maximum absolute atomic E-state index is 11.5. The number of benzene rings is 1. The van der Waals surface area contributed by atoms with Crippen molar-refractivity contribution in [2.75, 3.05) is 6.54 Å². The summed E-state index contributed by atoms with van der Waals surface area (Å²) in [6, 6.07) is 4.98. The molecule has 20 heavy (non-hydrogen) atoms. The molecule has 0 spiro atoms. The average Bonchev–Trinajstić information content (AvgIpc) is 2.37. The standard InChI is InChI=1S/C14H15Cl2NO3/c1-9(14(19)20)6-7-17-13(18)5-3-10-2-4-11(15)8-12(10)16/h2-5,8-9H,6-7H2,1H3,(H,17,18)(H,19,20)/b5-3+. The first-order valence-corrected chi connectivity index (χ1v) is 6.79. The van der Waals surface area contributed by atoms with Crippen LogP contribution in [0.15, 0.2) is 24.3 Å². The van der Waals surface area contributed by atoms with E-state index < -0.39 is 11.9 Å². The van der Waals surface area contributed by atoms with Gasteiger partial charge < -0.3 is 10.4 Å². The predicted octanol–water partition coefficient (Wildman–Crippen LogP) is 3.23. The Morgan fingerprint density at radius 1 is 1.40 bits per heavy atom. The van der Waals surface area contributed by atoms with Gasteiger partial charge >= 0.3 is 5.97 Å². The molecule has 4 nitrogen and oxygen atoms in total. The van der Waals surface area contributed by atoms with Crippen LogP contribution >= 0.6 is 23.2 Å². The Morgan fingerprint density at radius 3 is 2.70 bits per heavy atom. The van der Waals surface area contributed by atoms with Gasteiger partial charge in [-0.2, -0.15) is 0 Å². The van der Waals surface area contributed by atoms with Crippen LogP contribution in [0, 0.1) is 5.92 Å². The second kappa shape index (κ2) is 7.92. The number of carbonyl (C=O) groups is 2. The molecule has 108 valence electrons. The van der Waals surface area contributed by atoms with Gasteiger partial charge in [-0.3, -0.25) is 9.59 Å². The lowest BCUT2D eigenvalue weighted by Gasteiger charge is -2.06. The highest BCUT2D eigenvalue weighted by atomic mass is 35.5. The highest BCUT2D eigenvalue weighted by Gasteiger charge is 2.10. The first kappa shape index (κ1) is 16.5. The Kier molecular flexibility index (Phi) is 6.55. The molecule has 1 aromatic carbocycles. The molecule has 1 rings (SSSR count). The summed E-state index contributed by atoms with van der Waals surface area (Å²) in [6.45, 7) is 1.91. The largest absolute Gasteiger partial charge is 0.481 e. The summed E-state index contributed by atoms with van der Waals surface area (Å²) in [5.74, 6) is -1.65. The highest BCUT2D eigenvalue weighted by molar-refractivity contribution is 6.35. The minimum atomic E-state index is -0.872. The van der Waals surface area contributed by atoms with Crippen molar-refractivity contribution < 1.29 is 14.7 Å². The predicted molar refractivity (Wildman–Crippen MR) is 79.9 cm³/mol. The van der Waals surface area contributed by atoms with Gasteiger partial charge in [-0.15, -0.1) is 0 Å². The summed E-state index contributed by atoms with van der Waals surface area (Å²) >= 11 is 11.7. The molecule has 6 heteroatoms. The van der Waals surface area contributed by atoms with Crippen LogP contribution in [0.5, 0.6) is 0 Å². The number of carbonyl (C=O) groups excluding carboxylic acids is 1. The molecule has 0 aliphatic carbocycles. The van der Waals surface area contributed by atoms with Crippen LogP contribution in [0.4, 0.5) is 0 Å². The van der Waals surface area contributed by atoms with E-state index in [9.17, 15) is 9.59 Å². The van der Waals surface area contributed by atoms with Crippen molar-refractivity contribution in [3.8, 4) is 0 Å². The Bertz CT molecular complexity index is 529. The number of hydrogen-bond donors (Lipinski definition) is 2. The second-order valence-corrected chi connectivity index (χ2v) is 5.16. The number of aliphatic carboxylic acids is 1. The van der Waals surface area contributed by atoms with Gasteiger partial charge in [0.2, 0.25) is 5.91 Å². The Labute approximate surface area is 127 Å². The van der Waals surface area contributed by atoms with Gasteiger partial charge in [0.05, 0.1) is 5.92 Å². The number of carboxylic acids is 1. The third-order valence-electron chi connectivity index (χ3n) is 2.67. The molecule has 0 radical (unpaired) electrons. The lowest BCUT2D eigenvalue weighted by Crippen LogP contribution is -2.25. The van der Waals surface area contributed by atoms with Crippen molar-refractivity contribution in [1.82, 2.24) is 5.32 Å². The van der Waals surface area contributed by atoms with E-state index in [4.69, 9.17) is 28.3 Å². The molecule has 1 amide bonds. The molecule has 0 aliphatic rings.